The highest BCUT2D eigenvalue weighted by molar-refractivity contribution is 8.76. The summed E-state index contributed by atoms with van der Waals surface area (Å²) < 4.78 is 13.5. The SMILES string of the molecule is COc1c(O)ccc2c1-c1ccc3ccc(O)cc3c1[C@@H]1CC[C@H](C[C@H](O)CSS1)[C@@H](O[C@@H]1N[C@@H](CCCO)CC[C@@H]3c4c1cc(CO)c1c4[C@H](CC[C@H](C(C)=O)N1)C[C@H]3CO)CC(=O)CC2. The molecule has 3 aliphatic heterocycles. The molecule has 0 aromatic heterocycles. The highest BCUT2D eigenvalue weighted by atomic mass is 33.1. The summed E-state index contributed by atoms with van der Waals surface area (Å²) in [6.07, 6.45) is 5.29. The third-order valence-electron chi connectivity index (χ3n) is 15.5. The number of phenols is 2. The molecule has 0 amide bonds. The Morgan fingerprint density at radius 1 is 0.910 bits per heavy atom. The second-order valence-electron chi connectivity index (χ2n) is 19.6. The molecule has 360 valence electrons. The molecule has 0 saturated carbocycles. The molecule has 2 bridgehead atoms. The van der Waals surface area contributed by atoms with Crippen LogP contribution in [0.25, 0.3) is 21.9 Å². The molecule has 2 aliphatic carbocycles. The Morgan fingerprint density at radius 3 is 2.52 bits per heavy atom. The first-order valence-electron chi connectivity index (χ1n) is 24.3. The molecule has 12 nitrogen and oxygen atoms in total. The lowest BCUT2D eigenvalue weighted by molar-refractivity contribution is -0.128. The summed E-state index contributed by atoms with van der Waals surface area (Å²) in [6.45, 7) is 1.40. The number of carbonyl (C=O) groups is 2. The topological polar surface area (TPSA) is 198 Å². The minimum absolute atomic E-state index is 0.000285. The molecule has 10 atom stereocenters. The fraction of sp³-hybridized carbons (Fsp3) is 0.547. The van der Waals surface area contributed by atoms with Crippen LogP contribution in [0, 0.1) is 11.8 Å². The van der Waals surface area contributed by atoms with Crippen LogP contribution < -0.4 is 15.4 Å². The summed E-state index contributed by atoms with van der Waals surface area (Å²) in [7, 11) is 4.84. The van der Waals surface area contributed by atoms with Crippen molar-refractivity contribution in [3.05, 3.63) is 81.9 Å². The molecular formula is C53H66N2O10S2. The van der Waals surface area contributed by atoms with E-state index in [1.807, 2.05) is 24.3 Å². The predicted molar refractivity (Wildman–Crippen MR) is 264 cm³/mol. The zero-order chi connectivity index (χ0) is 46.9. The first kappa shape index (κ1) is 48.2. The van der Waals surface area contributed by atoms with Gasteiger partial charge in [-0.15, -0.1) is 0 Å². The second-order valence-corrected chi connectivity index (χ2v) is 22.3. The van der Waals surface area contributed by atoms with Gasteiger partial charge in [0.25, 0.3) is 0 Å². The number of ketones is 2. The maximum Gasteiger partial charge on any atom is 0.168 e. The van der Waals surface area contributed by atoms with Crippen molar-refractivity contribution < 1.29 is 49.7 Å². The summed E-state index contributed by atoms with van der Waals surface area (Å²) in [4.78, 5) is 27.6. The molecule has 0 radical (unpaired) electrons. The molecule has 4 aromatic rings. The highest BCUT2D eigenvalue weighted by Gasteiger charge is 2.44. The van der Waals surface area contributed by atoms with E-state index in [0.717, 1.165) is 75.5 Å². The normalized spacial score (nSPS) is 28.8. The predicted octanol–water partition coefficient (Wildman–Crippen LogP) is 8.86. The number of aromatic hydroxyl groups is 2. The first-order chi connectivity index (χ1) is 32.5. The number of aliphatic hydroxyl groups excluding tert-OH is 4. The average molecular weight is 955 g/mol. The number of hydrogen-bond donors (Lipinski definition) is 8. The van der Waals surface area contributed by atoms with Crippen LogP contribution in [0.3, 0.4) is 0 Å². The van der Waals surface area contributed by atoms with E-state index >= 15 is 0 Å². The van der Waals surface area contributed by atoms with E-state index in [4.69, 9.17) is 9.47 Å². The number of nitrogens with one attached hydrogen (secondary N) is 2. The summed E-state index contributed by atoms with van der Waals surface area (Å²) >= 11 is 0. The van der Waals surface area contributed by atoms with Gasteiger partial charge in [0.15, 0.2) is 17.3 Å². The van der Waals surface area contributed by atoms with Crippen molar-refractivity contribution in [2.45, 2.75) is 145 Å². The van der Waals surface area contributed by atoms with E-state index in [9.17, 15) is 40.2 Å². The van der Waals surface area contributed by atoms with Crippen molar-refractivity contribution in [3.8, 4) is 28.4 Å². The van der Waals surface area contributed by atoms with Gasteiger partial charge < -0.3 is 45.4 Å². The minimum atomic E-state index is -0.736. The smallest absolute Gasteiger partial charge is 0.168 e. The van der Waals surface area contributed by atoms with Crippen LogP contribution in [0.1, 0.15) is 141 Å². The maximum atomic E-state index is 14.7. The molecule has 0 unspecified atom stereocenters. The van der Waals surface area contributed by atoms with Crippen LogP contribution in [0.4, 0.5) is 5.69 Å². The number of aryl methyl sites for hydroxylation is 1. The van der Waals surface area contributed by atoms with Gasteiger partial charge in [-0.25, -0.2) is 0 Å². The van der Waals surface area contributed by atoms with Crippen LogP contribution in [0.5, 0.6) is 17.2 Å². The monoisotopic (exact) mass is 954 g/mol. The van der Waals surface area contributed by atoms with Crippen LogP contribution in [-0.2, 0) is 27.4 Å². The van der Waals surface area contributed by atoms with Crippen molar-refractivity contribution in [2.75, 3.05) is 31.4 Å². The standard InChI is InChI=1S/C53H66N2O10S2/c1-28(59)43-16-8-32-20-33(25-57)39-15-11-35(4-3-19-56)54-53(42-22-34(26-58)51(55-43)48(32)50(39)42)65-45-24-37(61)13-6-30-9-17-44(63)52(64-2)47(30)40-14-7-29-5-12-36(60)23-41(29)49(40)46-18-10-31(45)21-38(62)27-66-67-46/h5,7,9,12,14,17,22-23,31-33,35,38-39,43,45-46,53-58,60,62-63H,3-4,6,8,10-11,13,15-16,18-21,24-27H2,1-2H3/t31-,32-,33+,35+,38+,39+,43-,45+,46+,53+/m1/s1. The van der Waals surface area contributed by atoms with Gasteiger partial charge in [-0.3, -0.25) is 14.9 Å². The molecule has 67 heavy (non-hydrogen) atoms. The molecule has 3 heterocycles. The maximum absolute atomic E-state index is 14.7. The number of anilines is 1. The Kier molecular flexibility index (Phi) is 15.1. The van der Waals surface area contributed by atoms with Gasteiger partial charge >= 0.3 is 0 Å². The van der Waals surface area contributed by atoms with Crippen LogP contribution in [0.15, 0.2) is 48.5 Å². The summed E-state index contributed by atoms with van der Waals surface area (Å²) in [5.74, 6) is 0.700. The third-order valence-corrected chi connectivity index (χ3v) is 18.4. The van der Waals surface area contributed by atoms with Crippen LogP contribution >= 0.6 is 21.6 Å². The molecule has 5 aliphatic rings. The molecule has 1 saturated heterocycles. The molecule has 4 aromatic carbocycles. The number of benzene rings is 4. The van der Waals surface area contributed by atoms with E-state index in [0.29, 0.717) is 67.6 Å². The summed E-state index contributed by atoms with van der Waals surface area (Å²) in [5, 5.41) is 75.3. The van der Waals surface area contributed by atoms with Crippen molar-refractivity contribution in [3.63, 3.8) is 0 Å². The summed E-state index contributed by atoms with van der Waals surface area (Å²) in [6, 6.07) is 14.5. The lowest BCUT2D eigenvalue weighted by Gasteiger charge is -2.44. The molecular weight excluding hydrogens is 889 g/mol. The Balaban J connectivity index is 1.19. The lowest BCUT2D eigenvalue weighted by atomic mass is 9.65. The molecule has 8 N–H and O–H groups in total. The number of methoxy groups -OCH3 is 1. The van der Waals surface area contributed by atoms with Gasteiger partial charge in [-0.05, 0) is 170 Å². The number of carbonyl (C=O) groups excluding carboxylic acids is 2. The van der Waals surface area contributed by atoms with E-state index in [1.54, 1.807) is 46.7 Å². The van der Waals surface area contributed by atoms with E-state index in [-0.39, 0.29) is 90.7 Å². The molecule has 9 rings (SSSR count). The summed E-state index contributed by atoms with van der Waals surface area (Å²) in [5.41, 5.74) is 7.96. The largest absolute Gasteiger partial charge is 0.508 e. The number of rotatable bonds is 9. The average Bonchev–Trinajstić information content (AvgIpc) is 3.44. The zero-order valence-electron chi connectivity index (χ0n) is 38.5. The third kappa shape index (κ3) is 9.84. The van der Waals surface area contributed by atoms with E-state index in [2.05, 4.69) is 16.7 Å². The Hall–Kier alpha value is -3.86. The fourth-order valence-corrected chi connectivity index (χ4v) is 15.1. The Bertz CT molecular complexity index is 2470. The van der Waals surface area contributed by atoms with Gasteiger partial charge in [-0.1, -0.05) is 45.9 Å². The second kappa shape index (κ2) is 21.0. The number of phenolic OH excluding ortho intramolecular Hbond substituents is 2. The van der Waals surface area contributed by atoms with Crippen LogP contribution in [0.2, 0.25) is 0 Å². The van der Waals surface area contributed by atoms with Crippen molar-refractivity contribution in [1.82, 2.24) is 5.32 Å². The number of ether oxygens (including phenoxy) is 2. The number of fused-ring (bicyclic) bond motifs is 9. The van der Waals surface area contributed by atoms with Gasteiger partial charge in [-0.2, -0.15) is 0 Å². The number of aliphatic hydroxyl groups is 4. The van der Waals surface area contributed by atoms with Gasteiger partial charge in [0.05, 0.1) is 32.0 Å². The first-order valence-corrected chi connectivity index (χ1v) is 26.7. The van der Waals surface area contributed by atoms with Crippen molar-refractivity contribution >= 4 is 49.6 Å². The Labute approximate surface area is 401 Å². The zero-order valence-corrected chi connectivity index (χ0v) is 40.2. The van der Waals surface area contributed by atoms with Crippen molar-refractivity contribution in [2.24, 2.45) is 11.8 Å². The van der Waals surface area contributed by atoms with Crippen LogP contribution in [-0.4, -0.2) is 92.6 Å². The number of Topliss-reactive ketones (excluding diaryl/α,β-unsaturated/α-hetero) is 2. The molecule has 14 heteroatoms. The van der Waals surface area contributed by atoms with E-state index in [1.165, 1.54) is 7.11 Å². The van der Waals surface area contributed by atoms with E-state index < -0.39 is 24.5 Å². The fourth-order valence-electron chi connectivity index (χ4n) is 12.2. The quantitative estimate of drug-likeness (QED) is 0.0741. The minimum Gasteiger partial charge on any atom is -0.508 e. The Morgan fingerprint density at radius 2 is 1.75 bits per heavy atom. The van der Waals surface area contributed by atoms with Gasteiger partial charge in [0.2, 0.25) is 0 Å². The molecule has 1 fully saturated rings. The van der Waals surface area contributed by atoms with Gasteiger partial charge in [0, 0.05) is 59.9 Å². The lowest BCUT2D eigenvalue weighted by Crippen LogP contribution is -2.43. The van der Waals surface area contributed by atoms with Gasteiger partial charge in [0.1, 0.15) is 17.8 Å². The molecule has 0 spiro atoms. The van der Waals surface area contributed by atoms with Crippen molar-refractivity contribution in [1.29, 1.82) is 0 Å². The highest BCUT2D eigenvalue weighted by Crippen LogP contribution is 2.56. The number of hydrogen-bond acceptors (Lipinski definition) is 14.